The first-order chi connectivity index (χ1) is 19.1. The van der Waals surface area contributed by atoms with E-state index in [1.165, 1.54) is 38.4 Å². The first-order valence-electron chi connectivity index (χ1n) is 13.5. The summed E-state index contributed by atoms with van der Waals surface area (Å²) in [5, 5.41) is 11.6. The number of carbonyl (C=O) groups is 3. The summed E-state index contributed by atoms with van der Waals surface area (Å²) in [5.41, 5.74) is -0.942. The zero-order chi connectivity index (χ0) is 28.8. The molecule has 1 spiro atoms. The molecule has 1 atom stereocenters. The molecule has 3 heterocycles. The molecule has 3 aliphatic heterocycles. The molecule has 3 aliphatic rings. The summed E-state index contributed by atoms with van der Waals surface area (Å²) in [6.45, 7) is 3.78. The molecule has 0 aliphatic carbocycles. The Labute approximate surface area is 234 Å². The van der Waals surface area contributed by atoms with Crippen LogP contribution in [0.4, 0.5) is 5.69 Å². The summed E-state index contributed by atoms with van der Waals surface area (Å²) in [4.78, 5) is 46.3. The maximum atomic E-state index is 14.2. The van der Waals surface area contributed by atoms with E-state index < -0.39 is 38.9 Å². The van der Waals surface area contributed by atoms with Gasteiger partial charge < -0.3 is 19.8 Å². The van der Waals surface area contributed by atoms with Gasteiger partial charge in [0.1, 0.15) is 5.76 Å². The van der Waals surface area contributed by atoms with E-state index in [1.54, 1.807) is 24.3 Å². The molecule has 0 saturated carbocycles. The van der Waals surface area contributed by atoms with Gasteiger partial charge in [0.25, 0.3) is 17.6 Å². The summed E-state index contributed by atoms with van der Waals surface area (Å²) in [7, 11) is 0.104. The molecule has 2 fully saturated rings. The molecule has 11 heteroatoms. The number of hydrogen-bond donors (Lipinski definition) is 1. The maximum absolute atomic E-state index is 14.2. The first kappa shape index (κ1) is 28.0. The van der Waals surface area contributed by atoms with Gasteiger partial charge in [0.05, 0.1) is 16.2 Å². The molecule has 0 aromatic heterocycles. The molecular formula is C29H34N4O6S. The van der Waals surface area contributed by atoms with Gasteiger partial charge in [0.15, 0.2) is 5.54 Å². The van der Waals surface area contributed by atoms with Crippen LogP contribution < -0.4 is 4.90 Å². The lowest BCUT2D eigenvalue weighted by Gasteiger charge is -2.34. The Morgan fingerprint density at radius 3 is 2.27 bits per heavy atom. The third-order valence-corrected chi connectivity index (χ3v) is 9.86. The number of Topliss-reactive ketones (excluding diaryl/α,β-unsaturated/α-hetero) is 1. The van der Waals surface area contributed by atoms with Crippen molar-refractivity contribution in [3.63, 3.8) is 0 Å². The van der Waals surface area contributed by atoms with Crippen LogP contribution >= 0.6 is 0 Å². The van der Waals surface area contributed by atoms with Crippen LogP contribution in [0, 0.1) is 0 Å². The van der Waals surface area contributed by atoms with Crippen molar-refractivity contribution in [2.45, 2.75) is 36.6 Å². The zero-order valence-electron chi connectivity index (χ0n) is 23.0. The van der Waals surface area contributed by atoms with Gasteiger partial charge >= 0.3 is 0 Å². The van der Waals surface area contributed by atoms with E-state index in [4.69, 9.17) is 0 Å². The lowest BCUT2D eigenvalue weighted by molar-refractivity contribution is -0.143. The van der Waals surface area contributed by atoms with E-state index in [2.05, 4.69) is 0 Å². The predicted molar refractivity (Wildman–Crippen MR) is 150 cm³/mol. The van der Waals surface area contributed by atoms with Crippen molar-refractivity contribution < 1.29 is 27.9 Å². The zero-order valence-corrected chi connectivity index (χ0v) is 23.8. The second-order valence-electron chi connectivity index (χ2n) is 10.6. The number of amides is 2. The van der Waals surface area contributed by atoms with Crippen LogP contribution in [-0.4, -0.2) is 92.0 Å². The second-order valence-corrected chi connectivity index (χ2v) is 12.5. The minimum absolute atomic E-state index is 0.0734. The van der Waals surface area contributed by atoms with Crippen molar-refractivity contribution in [2.75, 3.05) is 51.7 Å². The summed E-state index contributed by atoms with van der Waals surface area (Å²) in [5.74, 6) is -2.79. The van der Waals surface area contributed by atoms with Gasteiger partial charge in [-0.1, -0.05) is 18.2 Å². The van der Waals surface area contributed by atoms with Gasteiger partial charge in [-0.15, -0.1) is 0 Å². The average molecular weight is 567 g/mol. The Morgan fingerprint density at radius 1 is 1.00 bits per heavy atom. The number of aliphatic hydroxyl groups excluding tert-OH is 1. The van der Waals surface area contributed by atoms with Gasteiger partial charge in [0, 0.05) is 37.3 Å². The molecule has 2 amide bonds. The third kappa shape index (κ3) is 4.15. The first-order valence-corrected chi connectivity index (χ1v) is 15.0. The summed E-state index contributed by atoms with van der Waals surface area (Å²) in [6, 6.07) is 12.6. The fourth-order valence-corrected chi connectivity index (χ4v) is 7.55. The predicted octanol–water partition coefficient (Wildman–Crippen LogP) is 2.37. The molecule has 0 unspecified atom stereocenters. The Hall–Kier alpha value is -3.54. The van der Waals surface area contributed by atoms with Crippen LogP contribution in [0.3, 0.4) is 0 Å². The fourth-order valence-electron chi connectivity index (χ4n) is 6.03. The van der Waals surface area contributed by atoms with Crippen molar-refractivity contribution in [1.82, 2.24) is 14.1 Å². The van der Waals surface area contributed by atoms with E-state index >= 15 is 0 Å². The number of fused-ring (bicyclic) bond motifs is 2. The number of anilines is 1. The normalized spacial score (nSPS) is 22.8. The number of aliphatic hydroxyl groups is 1. The molecule has 40 heavy (non-hydrogen) atoms. The van der Waals surface area contributed by atoms with Crippen molar-refractivity contribution in [2.24, 2.45) is 0 Å². The van der Waals surface area contributed by atoms with E-state index in [0.717, 1.165) is 12.8 Å². The van der Waals surface area contributed by atoms with Gasteiger partial charge in [-0.25, -0.2) is 8.42 Å². The summed E-state index contributed by atoms with van der Waals surface area (Å²) < 4.78 is 27.4. The molecule has 5 rings (SSSR count). The van der Waals surface area contributed by atoms with Gasteiger partial charge in [0.2, 0.25) is 10.0 Å². The Morgan fingerprint density at radius 2 is 1.65 bits per heavy atom. The molecule has 10 nitrogen and oxygen atoms in total. The van der Waals surface area contributed by atoms with Crippen LogP contribution in [0.1, 0.15) is 37.3 Å². The number of carbonyl (C=O) groups excluding carboxylic acids is 3. The standard InChI is InChI=1S/C29H34N4O6S/c1-4-32-23-11-6-5-10-22(23)29(28(32)37)24(26(35)27(36)33(29)19-9-16-30(2)3)25(34)20-12-14-21(15-13-20)40(38,39)31-17-7-8-18-31/h5-6,10-15,34H,4,7-9,16-19H2,1-3H3/t29-/m1/s1. The second kappa shape index (κ2) is 10.5. The summed E-state index contributed by atoms with van der Waals surface area (Å²) >= 11 is 0. The Balaban J connectivity index is 1.66. The number of sulfonamides is 1. The number of para-hydroxylation sites is 1. The molecule has 1 N–H and O–H groups in total. The third-order valence-electron chi connectivity index (χ3n) is 7.94. The van der Waals surface area contributed by atoms with Crippen molar-refractivity contribution in [3.8, 4) is 0 Å². The molecule has 2 aromatic carbocycles. The van der Waals surface area contributed by atoms with Crippen LogP contribution in [0.2, 0.25) is 0 Å². The highest BCUT2D eigenvalue weighted by Gasteiger charge is 2.66. The lowest BCUT2D eigenvalue weighted by Crippen LogP contribution is -2.52. The number of rotatable bonds is 8. The van der Waals surface area contributed by atoms with Crippen molar-refractivity contribution >= 4 is 39.1 Å². The largest absolute Gasteiger partial charge is 0.507 e. The van der Waals surface area contributed by atoms with Crippen LogP contribution in [0.15, 0.2) is 59.0 Å². The smallest absolute Gasteiger partial charge is 0.296 e. The number of nitrogens with zero attached hydrogens (tertiary/aromatic N) is 4. The molecule has 2 aromatic rings. The number of ketones is 1. The Kier molecular flexibility index (Phi) is 7.32. The summed E-state index contributed by atoms with van der Waals surface area (Å²) in [6.07, 6.45) is 2.11. The van der Waals surface area contributed by atoms with Crippen LogP contribution in [-0.2, 0) is 29.9 Å². The number of likely N-dealkylation sites (tertiary alicyclic amines) is 1. The van der Waals surface area contributed by atoms with E-state index in [-0.39, 0.29) is 22.6 Å². The van der Waals surface area contributed by atoms with Gasteiger partial charge in [-0.2, -0.15) is 4.31 Å². The minimum Gasteiger partial charge on any atom is -0.507 e. The Bertz CT molecular complexity index is 1490. The SMILES string of the molecule is CCN1C(=O)[C@]2(C(=C(O)c3ccc(S(=O)(=O)N4CCCC4)cc3)C(=O)C(=O)N2CCCN(C)C)c2ccccc21. The number of benzene rings is 2. The average Bonchev–Trinajstić information content (AvgIpc) is 3.62. The fraction of sp³-hybridized carbons (Fsp3) is 0.414. The minimum atomic E-state index is -3.69. The van der Waals surface area contributed by atoms with Crippen LogP contribution in [0.25, 0.3) is 5.76 Å². The van der Waals surface area contributed by atoms with Gasteiger partial charge in [-0.05, 0) is 77.2 Å². The number of likely N-dealkylation sites (N-methyl/N-ethyl adjacent to an activating group) is 1. The molecule has 0 radical (unpaired) electrons. The topological polar surface area (TPSA) is 119 Å². The van der Waals surface area contributed by atoms with Crippen molar-refractivity contribution in [3.05, 3.63) is 65.2 Å². The monoisotopic (exact) mass is 566 g/mol. The highest BCUT2D eigenvalue weighted by molar-refractivity contribution is 7.89. The number of hydrogen-bond acceptors (Lipinski definition) is 7. The maximum Gasteiger partial charge on any atom is 0.296 e. The van der Waals surface area contributed by atoms with Crippen molar-refractivity contribution in [1.29, 1.82) is 0 Å². The highest BCUT2D eigenvalue weighted by Crippen LogP contribution is 2.53. The highest BCUT2D eigenvalue weighted by atomic mass is 32.2. The molecule has 2 saturated heterocycles. The molecule has 212 valence electrons. The van der Waals surface area contributed by atoms with E-state index in [0.29, 0.717) is 43.9 Å². The van der Waals surface area contributed by atoms with Gasteiger partial charge in [-0.3, -0.25) is 14.4 Å². The van der Waals surface area contributed by atoms with E-state index in [9.17, 15) is 27.9 Å². The quantitative estimate of drug-likeness (QED) is 0.296. The van der Waals surface area contributed by atoms with Crippen LogP contribution in [0.5, 0.6) is 0 Å². The molecular weight excluding hydrogens is 532 g/mol. The van der Waals surface area contributed by atoms with E-state index in [1.807, 2.05) is 25.9 Å². The molecule has 0 bridgehead atoms. The lowest BCUT2D eigenvalue weighted by atomic mass is 9.82.